The zero-order chi connectivity index (χ0) is 68.5. The number of rotatable bonds is 47. The normalized spacial score (nSPS) is 16.2. The molecule has 0 fully saturated rings. The third-order valence-electron chi connectivity index (χ3n) is 15.2. The molecule has 522 valence electrons. The molecule has 28 nitrogen and oxygen atoms in total. The van der Waals surface area contributed by atoms with Crippen LogP contribution in [0.1, 0.15) is 76.3 Å². The lowest BCUT2D eigenvalue weighted by Crippen LogP contribution is -2.30. The lowest BCUT2D eigenvalue weighted by Gasteiger charge is -2.33. The minimum absolute atomic E-state index is 0.00537. The molecule has 0 saturated carbocycles. The van der Waals surface area contributed by atoms with Gasteiger partial charge in [0.1, 0.15) is 9.79 Å². The Morgan fingerprint density at radius 2 is 1.04 bits per heavy atom. The molecule has 4 aromatic rings. The fourth-order valence-electron chi connectivity index (χ4n) is 10.8. The van der Waals surface area contributed by atoms with Crippen LogP contribution in [0.5, 0.6) is 0 Å². The molecule has 5 rings (SSSR count). The average molecular weight is 1410 g/mol. The van der Waals surface area contributed by atoms with Gasteiger partial charge in [-0.2, -0.15) is 42.1 Å². The highest BCUT2D eigenvalue weighted by Crippen LogP contribution is 2.54. The molecule has 2 unspecified atom stereocenters. The minimum atomic E-state index is -5.18. The Bertz CT molecular complexity index is 3810. The molecule has 7 N–H and O–H groups in total. The number of carboxylic acid groups (broad SMARTS) is 1. The molecule has 1 heterocycles. The van der Waals surface area contributed by atoms with Crippen LogP contribution >= 0.6 is 0 Å². The summed E-state index contributed by atoms with van der Waals surface area (Å²) in [6.07, 6.45) is 9.46. The first-order valence-corrected chi connectivity index (χ1v) is 37.1. The zero-order valence-corrected chi connectivity index (χ0v) is 56.5. The van der Waals surface area contributed by atoms with Crippen molar-refractivity contribution in [1.82, 2.24) is 0 Å². The molecule has 0 spiro atoms. The van der Waals surface area contributed by atoms with Crippen LogP contribution < -0.4 is 10.2 Å². The second-order valence-electron chi connectivity index (χ2n) is 22.0. The summed E-state index contributed by atoms with van der Waals surface area (Å²) in [4.78, 5) is 10.1. The molecule has 0 bridgehead atoms. The zero-order valence-electron chi connectivity index (χ0n) is 52.4. The number of nitrogens with zero attached hydrogens (tertiary/aromatic N) is 1. The smallest absolute Gasteiger partial charge is 0.303 e. The van der Waals surface area contributed by atoms with E-state index in [-0.39, 0.29) is 125 Å². The number of anilines is 2. The van der Waals surface area contributed by atoms with Gasteiger partial charge in [0.2, 0.25) is 0 Å². The van der Waals surface area contributed by atoms with Crippen molar-refractivity contribution in [3.63, 3.8) is 0 Å². The fourth-order valence-corrected chi connectivity index (χ4v) is 14.0. The van der Waals surface area contributed by atoms with Crippen molar-refractivity contribution in [3.8, 4) is 0 Å². The van der Waals surface area contributed by atoms with E-state index in [1.807, 2.05) is 11.8 Å². The van der Waals surface area contributed by atoms with E-state index < -0.39 is 92.7 Å². The number of carboxylic acids is 1. The van der Waals surface area contributed by atoms with Crippen molar-refractivity contribution < 1.29 is 117 Å². The number of hydrogen-bond donors (Lipinski definition) is 7. The molecule has 2 atom stereocenters. The van der Waals surface area contributed by atoms with Gasteiger partial charge in [0, 0.05) is 73.6 Å². The lowest BCUT2D eigenvalue weighted by atomic mass is 9.73. The predicted octanol–water partition coefficient (Wildman–Crippen LogP) is 6.93. The number of fused-ring (bicyclic) bond motifs is 4. The monoisotopic (exact) mass is 1410 g/mol. The van der Waals surface area contributed by atoms with E-state index in [1.54, 1.807) is 57.6 Å². The molecule has 0 saturated heterocycles. The van der Waals surface area contributed by atoms with Gasteiger partial charge in [-0.1, -0.05) is 49.8 Å². The number of unbranched alkanes of at least 4 members (excludes halogenated alkanes) is 2. The first kappa shape index (κ1) is 78.6. The number of aliphatic carboxylic acids is 1. The van der Waals surface area contributed by atoms with Crippen molar-refractivity contribution in [3.05, 3.63) is 95.7 Å². The molecule has 0 aromatic heterocycles. The van der Waals surface area contributed by atoms with Gasteiger partial charge >= 0.3 is 5.97 Å². The van der Waals surface area contributed by atoms with Crippen molar-refractivity contribution in [1.29, 1.82) is 0 Å². The number of hydrogen-bond acceptors (Lipinski definition) is 22. The fraction of sp³-hybridized carbons (Fsp3) is 0.550. The van der Waals surface area contributed by atoms with Gasteiger partial charge in [0.25, 0.3) is 50.6 Å². The van der Waals surface area contributed by atoms with Crippen LogP contribution in [0.4, 0.5) is 11.4 Å². The van der Waals surface area contributed by atoms with Gasteiger partial charge in [-0.3, -0.25) is 27.6 Å². The van der Waals surface area contributed by atoms with Crippen LogP contribution in [0, 0.1) is 0 Å². The number of allylic oxidation sites excluding steroid dienone is 6. The molecule has 0 radical (unpaired) electrons. The maximum absolute atomic E-state index is 13.0. The van der Waals surface area contributed by atoms with E-state index in [4.69, 9.17) is 42.6 Å². The van der Waals surface area contributed by atoms with E-state index in [1.165, 1.54) is 18.2 Å². The van der Waals surface area contributed by atoms with Gasteiger partial charge in [-0.25, -0.2) is 0 Å². The highest BCUT2D eigenvalue weighted by Gasteiger charge is 2.45. The van der Waals surface area contributed by atoms with Crippen molar-refractivity contribution in [2.45, 2.75) is 95.6 Å². The van der Waals surface area contributed by atoms with Crippen molar-refractivity contribution >= 4 is 89.5 Å². The van der Waals surface area contributed by atoms with Crippen LogP contribution in [-0.2, 0) is 109 Å². The highest BCUT2D eigenvalue weighted by molar-refractivity contribution is 7.87. The Labute approximate surface area is 544 Å². The molecule has 0 amide bonds. The van der Waals surface area contributed by atoms with Gasteiger partial charge in [-0.05, 0) is 115 Å². The topological polar surface area (TPSA) is 407 Å². The second kappa shape index (κ2) is 36.8. The Morgan fingerprint density at radius 1 is 0.559 bits per heavy atom. The van der Waals surface area contributed by atoms with E-state index >= 15 is 0 Å². The molecular weight excluding hydrogens is 1320 g/mol. The summed E-state index contributed by atoms with van der Waals surface area (Å²) in [7, 11) is -22.0. The standard InChI is InChI=1S/C60H86N2O26S5/c1-59(20-12-40-89(65,66)67,57-49-41-45(90(68,69)70)43-53(92(74,75)76)47(49)15-17-51(57)61-22-25-83-31-33-87-38-39-88-37-35-85-29-27-81-4)19-10-6-5-8-13-55-60(2,21-24-82-30-32-86-36-34-84-28-26-80-3)58-50-42-46(91(71,72)73)44-54(93(77,78)79)48(50)16-18-52(58)62(55)23-11-7-9-14-56(63)64/h5-6,8,10,13,15-18,41-44,61H,7,9,11-12,14,19-40H2,1-4H3,(H,63,64)(H,65,66,67)(H,68,69,70)(H,71,72,73)(H,74,75,76)(H,77,78,79)/b8-5+,10-6+,55-13+. The Balaban J connectivity index is 1.57. The van der Waals surface area contributed by atoms with E-state index in [9.17, 15) is 74.8 Å². The molecule has 93 heavy (non-hydrogen) atoms. The summed E-state index contributed by atoms with van der Waals surface area (Å²) in [5.74, 6) is -1.69. The number of ether oxygens (including phenoxy) is 9. The minimum Gasteiger partial charge on any atom is -0.481 e. The second-order valence-corrected chi connectivity index (χ2v) is 29.2. The number of methoxy groups -OCH3 is 2. The van der Waals surface area contributed by atoms with Crippen molar-refractivity contribution in [2.75, 3.05) is 149 Å². The van der Waals surface area contributed by atoms with Crippen LogP contribution in [0.3, 0.4) is 0 Å². The molecule has 4 aromatic carbocycles. The van der Waals surface area contributed by atoms with E-state index in [0.717, 1.165) is 12.1 Å². The van der Waals surface area contributed by atoms with Crippen molar-refractivity contribution in [2.24, 2.45) is 0 Å². The molecule has 1 aliphatic heterocycles. The Hall–Kier alpha value is -5.12. The summed E-state index contributed by atoms with van der Waals surface area (Å²) in [5, 5.41) is 12.4. The first-order valence-electron chi connectivity index (χ1n) is 29.7. The molecule has 0 aliphatic carbocycles. The molecular formula is C60H86N2O26S5. The molecule has 1 aliphatic rings. The van der Waals surface area contributed by atoms with Crippen LogP contribution in [0.25, 0.3) is 21.5 Å². The third-order valence-corrected chi connectivity index (χ3v) is 19.4. The Morgan fingerprint density at radius 3 is 1.54 bits per heavy atom. The van der Waals surface area contributed by atoms with E-state index in [2.05, 4.69) is 5.32 Å². The SMILES string of the molecule is COCCOCCOCCOCCOCCNc1ccc2c(S(=O)(=O)O)cc(S(=O)(=O)O)cc2c1C(C)(C/C=C/C=C/C=C1/N(CCCCCC(=O)O)c2ccc3c(S(=O)(=O)O)cc(S(=O)(=O)O)cc3c2C1(C)CCOCCOCCOCCOC)CCCS(=O)(=O)O. The summed E-state index contributed by atoms with van der Waals surface area (Å²) in [6.45, 7) is 8.41. The maximum atomic E-state index is 13.0. The number of carbonyl (C=O) groups is 1. The van der Waals surface area contributed by atoms with Crippen LogP contribution in [0.2, 0.25) is 0 Å². The van der Waals surface area contributed by atoms with Gasteiger partial charge in [0.05, 0.1) is 115 Å². The quantitative estimate of drug-likeness (QED) is 0.0134. The Kier molecular flexibility index (Phi) is 31.1. The largest absolute Gasteiger partial charge is 0.481 e. The van der Waals surface area contributed by atoms with Crippen LogP contribution in [-0.4, -0.2) is 215 Å². The van der Waals surface area contributed by atoms with Crippen LogP contribution in [0.15, 0.2) is 104 Å². The highest BCUT2D eigenvalue weighted by atomic mass is 32.2. The number of benzene rings is 4. The summed E-state index contributed by atoms with van der Waals surface area (Å²) < 4.78 is 228. The maximum Gasteiger partial charge on any atom is 0.303 e. The predicted molar refractivity (Wildman–Crippen MR) is 345 cm³/mol. The van der Waals surface area contributed by atoms with Gasteiger partial charge in [-0.15, -0.1) is 0 Å². The molecule has 33 heteroatoms. The van der Waals surface area contributed by atoms with Gasteiger partial charge < -0.3 is 58.0 Å². The summed E-state index contributed by atoms with van der Waals surface area (Å²) in [5.41, 5.74) is -0.477. The van der Waals surface area contributed by atoms with Gasteiger partial charge in [0.15, 0.2) is 0 Å². The average Bonchev–Trinajstić information content (AvgIpc) is 1.63. The van der Waals surface area contributed by atoms with E-state index in [0.29, 0.717) is 107 Å². The summed E-state index contributed by atoms with van der Waals surface area (Å²) in [6, 6.07) is 9.27. The number of nitrogens with one attached hydrogen (secondary N) is 1. The first-order chi connectivity index (χ1) is 43.9. The lowest BCUT2D eigenvalue weighted by molar-refractivity contribution is -0.137. The summed E-state index contributed by atoms with van der Waals surface area (Å²) >= 11 is 0. The third kappa shape index (κ3) is 24.5.